The second kappa shape index (κ2) is 7.61. The van der Waals surface area contributed by atoms with Gasteiger partial charge in [0, 0.05) is 25.7 Å². The number of rotatable bonds is 4. The van der Waals surface area contributed by atoms with Crippen molar-refractivity contribution in [1.82, 2.24) is 9.80 Å². The number of carbonyl (C=O) groups excluding carboxylic acids is 1. The maximum absolute atomic E-state index is 13.1. The third kappa shape index (κ3) is 4.08. The van der Waals surface area contributed by atoms with Crippen molar-refractivity contribution in [1.29, 1.82) is 0 Å². The van der Waals surface area contributed by atoms with Crippen LogP contribution in [0.1, 0.15) is 52.4 Å². The minimum absolute atomic E-state index is 0.0244. The van der Waals surface area contributed by atoms with Crippen LogP contribution in [-0.4, -0.2) is 46.6 Å². The summed E-state index contributed by atoms with van der Waals surface area (Å²) in [7, 11) is 4.07. The molecule has 5 nitrogen and oxygen atoms in total. The fourth-order valence-electron chi connectivity index (χ4n) is 3.65. The van der Waals surface area contributed by atoms with E-state index >= 15 is 0 Å². The number of fused-ring (bicyclic) bond motifs is 1. The lowest BCUT2D eigenvalue weighted by Crippen LogP contribution is -2.36. The van der Waals surface area contributed by atoms with E-state index in [9.17, 15) is 15.0 Å². The highest BCUT2D eigenvalue weighted by molar-refractivity contribution is 5.97. The average Bonchev–Trinajstić information content (AvgIpc) is 2.59. The van der Waals surface area contributed by atoms with Crippen LogP contribution in [0.3, 0.4) is 0 Å². The number of aromatic hydroxyl groups is 2. The largest absolute Gasteiger partial charge is 0.508 e. The van der Waals surface area contributed by atoms with Crippen LogP contribution in [0, 0.1) is 0 Å². The van der Waals surface area contributed by atoms with Crippen molar-refractivity contribution in [2.24, 2.45) is 0 Å². The summed E-state index contributed by atoms with van der Waals surface area (Å²) < 4.78 is 0. The summed E-state index contributed by atoms with van der Waals surface area (Å²) in [6.07, 6.45) is 0.805. The van der Waals surface area contributed by atoms with Gasteiger partial charge in [0.1, 0.15) is 11.5 Å². The topological polar surface area (TPSA) is 64.0 Å². The molecule has 0 unspecified atom stereocenters. The molecule has 3 rings (SSSR count). The molecule has 0 aromatic heterocycles. The summed E-state index contributed by atoms with van der Waals surface area (Å²) in [6, 6.07) is 9.37. The Labute approximate surface area is 160 Å². The van der Waals surface area contributed by atoms with E-state index in [-0.39, 0.29) is 28.9 Å². The second-order valence-electron chi connectivity index (χ2n) is 7.90. The number of benzene rings is 2. The van der Waals surface area contributed by atoms with Crippen molar-refractivity contribution in [3.8, 4) is 11.5 Å². The van der Waals surface area contributed by atoms with Gasteiger partial charge in [0.2, 0.25) is 0 Å². The van der Waals surface area contributed by atoms with Gasteiger partial charge < -0.3 is 20.0 Å². The van der Waals surface area contributed by atoms with Crippen molar-refractivity contribution in [3.63, 3.8) is 0 Å². The van der Waals surface area contributed by atoms with Gasteiger partial charge in [0.15, 0.2) is 0 Å². The van der Waals surface area contributed by atoms with Crippen molar-refractivity contribution in [2.75, 3.05) is 20.6 Å². The fourth-order valence-corrected chi connectivity index (χ4v) is 3.65. The van der Waals surface area contributed by atoms with Gasteiger partial charge in [-0.15, -0.1) is 0 Å². The normalized spacial score (nSPS) is 13.9. The molecule has 2 N–H and O–H groups in total. The molecule has 2 aromatic rings. The molecule has 1 aliphatic heterocycles. The Hall–Kier alpha value is -2.53. The first-order chi connectivity index (χ1) is 12.8. The Morgan fingerprint density at radius 3 is 2.52 bits per heavy atom. The van der Waals surface area contributed by atoms with E-state index in [0.717, 1.165) is 18.5 Å². The number of amides is 1. The molecule has 144 valence electrons. The second-order valence-corrected chi connectivity index (χ2v) is 7.90. The van der Waals surface area contributed by atoms with E-state index in [4.69, 9.17) is 0 Å². The first kappa shape index (κ1) is 19.2. The predicted octanol–water partition coefficient (Wildman–Crippen LogP) is 3.48. The Kier molecular flexibility index (Phi) is 5.42. The summed E-state index contributed by atoms with van der Waals surface area (Å²) in [5.41, 5.74) is 4.59. The van der Waals surface area contributed by atoms with Gasteiger partial charge in [-0.2, -0.15) is 0 Å². The lowest BCUT2D eigenvalue weighted by atomic mass is 9.95. The van der Waals surface area contributed by atoms with Gasteiger partial charge in [-0.1, -0.05) is 32.0 Å². The first-order valence-corrected chi connectivity index (χ1v) is 9.36. The van der Waals surface area contributed by atoms with Crippen LogP contribution in [0.15, 0.2) is 30.3 Å². The zero-order valence-corrected chi connectivity index (χ0v) is 16.5. The lowest BCUT2D eigenvalue weighted by Gasteiger charge is -2.30. The minimum Gasteiger partial charge on any atom is -0.508 e. The average molecular weight is 368 g/mol. The van der Waals surface area contributed by atoms with Crippen LogP contribution in [0.2, 0.25) is 0 Å². The van der Waals surface area contributed by atoms with Crippen molar-refractivity contribution < 1.29 is 15.0 Å². The molecule has 2 aromatic carbocycles. The zero-order valence-electron chi connectivity index (χ0n) is 16.5. The SMILES string of the molecule is CC(C)c1cc(C(=O)N2CCc3ccc(CN(C)C)cc3C2)c(O)cc1O. The van der Waals surface area contributed by atoms with E-state index in [1.807, 2.05) is 27.9 Å². The molecule has 0 fully saturated rings. The molecule has 27 heavy (non-hydrogen) atoms. The monoisotopic (exact) mass is 368 g/mol. The summed E-state index contributed by atoms with van der Waals surface area (Å²) in [5.74, 6) is -0.281. The molecular weight excluding hydrogens is 340 g/mol. The number of hydrogen-bond donors (Lipinski definition) is 2. The molecule has 1 heterocycles. The number of phenols is 2. The molecule has 0 radical (unpaired) electrons. The van der Waals surface area contributed by atoms with Crippen molar-refractivity contribution in [2.45, 2.75) is 39.3 Å². The van der Waals surface area contributed by atoms with Gasteiger partial charge in [0.05, 0.1) is 5.56 Å². The Bertz CT molecular complexity index is 859. The molecule has 0 saturated carbocycles. The lowest BCUT2D eigenvalue weighted by molar-refractivity contribution is 0.0731. The van der Waals surface area contributed by atoms with E-state index < -0.39 is 0 Å². The van der Waals surface area contributed by atoms with Crippen LogP contribution < -0.4 is 0 Å². The maximum atomic E-state index is 13.1. The Balaban J connectivity index is 1.86. The molecule has 1 amide bonds. The molecule has 0 spiro atoms. The summed E-state index contributed by atoms with van der Waals surface area (Å²) in [6.45, 7) is 5.91. The number of phenolic OH excluding ortho intramolecular Hbond substituents is 2. The summed E-state index contributed by atoms with van der Waals surface area (Å²) >= 11 is 0. The molecule has 0 aliphatic carbocycles. The van der Waals surface area contributed by atoms with Crippen LogP contribution >= 0.6 is 0 Å². The van der Waals surface area contributed by atoms with Gasteiger partial charge in [-0.05, 0) is 54.8 Å². The standard InChI is InChI=1S/C22H28N2O3/c1-14(2)18-10-19(21(26)11-20(18)25)22(27)24-8-7-16-6-5-15(12-23(3)4)9-17(16)13-24/h5-6,9-11,14,25-26H,7-8,12-13H2,1-4H3. The highest BCUT2D eigenvalue weighted by Gasteiger charge is 2.25. The smallest absolute Gasteiger partial charge is 0.257 e. The predicted molar refractivity (Wildman–Crippen MR) is 106 cm³/mol. The molecule has 5 heteroatoms. The van der Waals surface area contributed by atoms with Gasteiger partial charge in [0.25, 0.3) is 5.91 Å². The number of carbonyl (C=O) groups is 1. The Morgan fingerprint density at radius 2 is 1.85 bits per heavy atom. The van der Waals surface area contributed by atoms with Crippen LogP contribution in [0.25, 0.3) is 0 Å². The third-order valence-corrected chi connectivity index (χ3v) is 5.07. The van der Waals surface area contributed by atoms with E-state index in [2.05, 4.69) is 23.1 Å². The molecule has 0 atom stereocenters. The van der Waals surface area contributed by atoms with E-state index in [0.29, 0.717) is 18.7 Å². The summed E-state index contributed by atoms with van der Waals surface area (Å²) in [4.78, 5) is 17.0. The van der Waals surface area contributed by atoms with Crippen LogP contribution in [0.4, 0.5) is 0 Å². The van der Waals surface area contributed by atoms with Gasteiger partial charge in [-0.25, -0.2) is 0 Å². The third-order valence-electron chi connectivity index (χ3n) is 5.07. The van der Waals surface area contributed by atoms with Gasteiger partial charge >= 0.3 is 0 Å². The maximum Gasteiger partial charge on any atom is 0.257 e. The number of hydrogen-bond acceptors (Lipinski definition) is 4. The van der Waals surface area contributed by atoms with E-state index in [1.54, 1.807) is 11.0 Å². The first-order valence-electron chi connectivity index (χ1n) is 9.36. The van der Waals surface area contributed by atoms with Crippen molar-refractivity contribution >= 4 is 5.91 Å². The number of nitrogens with zero attached hydrogens (tertiary/aromatic N) is 2. The quantitative estimate of drug-likeness (QED) is 0.867. The Morgan fingerprint density at radius 1 is 1.11 bits per heavy atom. The van der Waals surface area contributed by atoms with Crippen molar-refractivity contribution in [3.05, 3.63) is 58.1 Å². The summed E-state index contributed by atoms with van der Waals surface area (Å²) in [5, 5.41) is 20.2. The van der Waals surface area contributed by atoms with Gasteiger partial charge in [-0.3, -0.25) is 4.79 Å². The van der Waals surface area contributed by atoms with Crippen LogP contribution in [0.5, 0.6) is 11.5 Å². The molecular formula is C22H28N2O3. The molecule has 1 aliphatic rings. The van der Waals surface area contributed by atoms with E-state index in [1.165, 1.54) is 17.2 Å². The van der Waals surface area contributed by atoms with Crippen LogP contribution in [-0.2, 0) is 19.5 Å². The zero-order chi connectivity index (χ0) is 19.7. The molecule has 0 bridgehead atoms. The highest BCUT2D eigenvalue weighted by Crippen LogP contribution is 2.33. The highest BCUT2D eigenvalue weighted by atomic mass is 16.3. The minimum atomic E-state index is -0.196. The molecule has 0 saturated heterocycles. The fraction of sp³-hybridized carbons (Fsp3) is 0.409.